The van der Waals surface area contributed by atoms with Crippen LogP contribution in [-0.2, 0) is 0 Å². The maximum Gasteiger partial charge on any atom is 0.343 e. The first-order chi connectivity index (χ1) is 17.4. The van der Waals surface area contributed by atoms with Crippen LogP contribution in [0.5, 0.6) is 23.0 Å². The fraction of sp³-hybridized carbons (Fsp3) is 0.241. The van der Waals surface area contributed by atoms with Crippen molar-refractivity contribution in [1.29, 1.82) is 5.26 Å². The summed E-state index contributed by atoms with van der Waals surface area (Å²) < 4.78 is 22.8. The van der Waals surface area contributed by atoms with Gasteiger partial charge in [0.2, 0.25) is 5.88 Å². The Morgan fingerprint density at radius 1 is 1.03 bits per heavy atom. The van der Waals surface area contributed by atoms with Gasteiger partial charge in [-0.2, -0.15) is 5.26 Å². The maximum absolute atomic E-state index is 12.7. The summed E-state index contributed by atoms with van der Waals surface area (Å²) in [7, 11) is 0. The molecule has 0 aliphatic carbocycles. The predicted molar refractivity (Wildman–Crippen MR) is 135 cm³/mol. The minimum Gasteiger partial charge on any atom is -0.494 e. The van der Waals surface area contributed by atoms with Crippen LogP contribution in [0.15, 0.2) is 78.2 Å². The Labute approximate surface area is 210 Å². The number of nitrogens with two attached hydrogens (primary N) is 1. The minimum atomic E-state index is -0.513. The SMILES string of the molecule is CCOc1ccccc1C1C(C#N)=C(N)Oc2cc(OC(=O)c3ccc(OCC(C)C)cc3)ccc21. The Morgan fingerprint density at radius 3 is 2.44 bits per heavy atom. The predicted octanol–water partition coefficient (Wildman–Crippen LogP) is 5.56. The van der Waals surface area contributed by atoms with Crippen molar-refractivity contribution < 1.29 is 23.7 Å². The molecule has 0 fully saturated rings. The van der Waals surface area contributed by atoms with Gasteiger partial charge in [0.15, 0.2) is 0 Å². The third-order valence-corrected chi connectivity index (χ3v) is 5.60. The Morgan fingerprint density at radius 2 is 1.75 bits per heavy atom. The number of carbonyl (C=O) groups is 1. The van der Waals surface area contributed by atoms with E-state index in [1.165, 1.54) is 0 Å². The van der Waals surface area contributed by atoms with E-state index in [4.69, 9.17) is 24.7 Å². The number of nitrogens with zero attached hydrogens (tertiary/aromatic N) is 1. The normalized spacial score (nSPS) is 14.5. The fourth-order valence-corrected chi connectivity index (χ4v) is 3.94. The molecule has 36 heavy (non-hydrogen) atoms. The summed E-state index contributed by atoms with van der Waals surface area (Å²) >= 11 is 0. The molecule has 3 aromatic carbocycles. The molecule has 0 radical (unpaired) electrons. The Bertz CT molecular complexity index is 1320. The fourth-order valence-electron chi connectivity index (χ4n) is 3.94. The van der Waals surface area contributed by atoms with Crippen LogP contribution in [-0.4, -0.2) is 19.2 Å². The van der Waals surface area contributed by atoms with Gasteiger partial charge in [0.05, 0.1) is 24.7 Å². The number of esters is 1. The minimum absolute atomic E-state index is 0.00163. The molecule has 3 aromatic rings. The van der Waals surface area contributed by atoms with E-state index in [-0.39, 0.29) is 5.88 Å². The number of allylic oxidation sites excluding steroid dienone is 1. The molecule has 0 saturated carbocycles. The molecule has 7 heteroatoms. The van der Waals surface area contributed by atoms with Gasteiger partial charge in [-0.15, -0.1) is 0 Å². The molecular weight excluding hydrogens is 456 g/mol. The van der Waals surface area contributed by atoms with Crippen LogP contribution >= 0.6 is 0 Å². The van der Waals surface area contributed by atoms with E-state index in [0.717, 1.165) is 11.1 Å². The van der Waals surface area contributed by atoms with Gasteiger partial charge in [-0.1, -0.05) is 38.1 Å². The lowest BCUT2D eigenvalue weighted by atomic mass is 9.83. The molecule has 1 aliphatic rings. The molecule has 0 saturated heterocycles. The lowest BCUT2D eigenvalue weighted by Crippen LogP contribution is -2.21. The highest BCUT2D eigenvalue weighted by Gasteiger charge is 2.33. The van der Waals surface area contributed by atoms with Gasteiger partial charge in [0.1, 0.15) is 34.6 Å². The van der Waals surface area contributed by atoms with Crippen LogP contribution in [0, 0.1) is 17.2 Å². The van der Waals surface area contributed by atoms with E-state index in [1.54, 1.807) is 42.5 Å². The van der Waals surface area contributed by atoms with E-state index in [9.17, 15) is 10.1 Å². The summed E-state index contributed by atoms with van der Waals surface area (Å²) in [4.78, 5) is 12.7. The Kier molecular flexibility index (Phi) is 7.45. The second-order valence-electron chi connectivity index (χ2n) is 8.71. The average Bonchev–Trinajstić information content (AvgIpc) is 2.87. The first-order valence-electron chi connectivity index (χ1n) is 11.8. The van der Waals surface area contributed by atoms with Gasteiger partial charge in [0.25, 0.3) is 0 Å². The number of fused-ring (bicyclic) bond motifs is 1. The van der Waals surface area contributed by atoms with Crippen molar-refractivity contribution in [2.45, 2.75) is 26.7 Å². The van der Waals surface area contributed by atoms with E-state index >= 15 is 0 Å². The van der Waals surface area contributed by atoms with Crippen molar-refractivity contribution in [1.82, 2.24) is 0 Å². The van der Waals surface area contributed by atoms with Crippen molar-refractivity contribution in [2.75, 3.05) is 13.2 Å². The van der Waals surface area contributed by atoms with Crippen molar-refractivity contribution in [3.63, 3.8) is 0 Å². The molecule has 4 rings (SSSR count). The zero-order chi connectivity index (χ0) is 25.7. The summed E-state index contributed by atoms with van der Waals surface area (Å²) in [5, 5.41) is 9.83. The zero-order valence-electron chi connectivity index (χ0n) is 20.5. The number of benzene rings is 3. The number of nitriles is 1. The second-order valence-corrected chi connectivity index (χ2v) is 8.71. The lowest BCUT2D eigenvalue weighted by Gasteiger charge is -2.27. The summed E-state index contributed by atoms with van der Waals surface area (Å²) in [6.45, 7) is 7.11. The Balaban J connectivity index is 1.59. The highest BCUT2D eigenvalue weighted by molar-refractivity contribution is 5.91. The number of hydrogen-bond acceptors (Lipinski definition) is 7. The van der Waals surface area contributed by atoms with Crippen LogP contribution in [0.4, 0.5) is 0 Å². The summed E-state index contributed by atoms with van der Waals surface area (Å²) in [6, 6.07) is 21.5. The monoisotopic (exact) mass is 484 g/mol. The number of ether oxygens (including phenoxy) is 4. The van der Waals surface area contributed by atoms with Crippen LogP contribution in [0.25, 0.3) is 0 Å². The van der Waals surface area contributed by atoms with E-state index < -0.39 is 11.9 Å². The number of hydrogen-bond donors (Lipinski definition) is 1. The van der Waals surface area contributed by atoms with Gasteiger partial charge in [-0.05, 0) is 49.2 Å². The highest BCUT2D eigenvalue weighted by atomic mass is 16.5. The number of carbonyl (C=O) groups excluding carboxylic acids is 1. The van der Waals surface area contributed by atoms with Crippen molar-refractivity contribution in [3.8, 4) is 29.1 Å². The summed E-state index contributed by atoms with van der Waals surface area (Å²) in [5.41, 5.74) is 8.33. The van der Waals surface area contributed by atoms with Crippen molar-refractivity contribution in [2.24, 2.45) is 11.7 Å². The molecule has 7 nitrogen and oxygen atoms in total. The van der Waals surface area contributed by atoms with Gasteiger partial charge in [-0.25, -0.2) is 4.79 Å². The van der Waals surface area contributed by atoms with E-state index in [2.05, 4.69) is 19.9 Å². The standard InChI is InChI=1S/C29H28N2O5/c1-4-33-25-8-6-5-7-22(25)27-23-14-13-21(15-26(23)36-28(31)24(27)16-30)35-29(32)19-9-11-20(12-10-19)34-17-18(2)3/h5-15,18,27H,4,17,31H2,1-3H3. The van der Waals surface area contributed by atoms with E-state index in [0.29, 0.717) is 53.3 Å². The molecule has 0 spiro atoms. The van der Waals surface area contributed by atoms with Crippen LogP contribution in [0.3, 0.4) is 0 Å². The van der Waals surface area contributed by atoms with Gasteiger partial charge >= 0.3 is 5.97 Å². The molecule has 0 bridgehead atoms. The summed E-state index contributed by atoms with van der Waals surface area (Å²) in [6.07, 6.45) is 0. The first kappa shape index (κ1) is 24.7. The second kappa shape index (κ2) is 10.9. The third kappa shape index (κ3) is 5.28. The van der Waals surface area contributed by atoms with Crippen molar-refractivity contribution >= 4 is 5.97 Å². The zero-order valence-corrected chi connectivity index (χ0v) is 20.5. The molecule has 184 valence electrons. The molecule has 1 heterocycles. The quantitative estimate of drug-likeness (QED) is 0.330. The molecule has 1 atom stereocenters. The van der Waals surface area contributed by atoms with Crippen LogP contribution in [0.2, 0.25) is 0 Å². The van der Waals surface area contributed by atoms with Gasteiger partial charge in [-0.3, -0.25) is 0 Å². The van der Waals surface area contributed by atoms with Gasteiger partial charge in [0, 0.05) is 17.2 Å². The van der Waals surface area contributed by atoms with Crippen molar-refractivity contribution in [3.05, 3.63) is 94.9 Å². The lowest BCUT2D eigenvalue weighted by molar-refractivity contribution is 0.0734. The number of para-hydroxylation sites is 1. The first-order valence-corrected chi connectivity index (χ1v) is 11.8. The topological polar surface area (TPSA) is 104 Å². The molecular formula is C29H28N2O5. The molecule has 1 aliphatic heterocycles. The molecule has 0 amide bonds. The highest BCUT2D eigenvalue weighted by Crippen LogP contribution is 2.45. The summed E-state index contributed by atoms with van der Waals surface area (Å²) in [5.74, 6) is 1.47. The Hall–Kier alpha value is -4.44. The largest absolute Gasteiger partial charge is 0.494 e. The van der Waals surface area contributed by atoms with E-state index in [1.807, 2.05) is 31.2 Å². The average molecular weight is 485 g/mol. The molecule has 1 unspecified atom stereocenters. The molecule has 0 aromatic heterocycles. The smallest absolute Gasteiger partial charge is 0.343 e. The van der Waals surface area contributed by atoms with Gasteiger partial charge < -0.3 is 24.7 Å². The van der Waals surface area contributed by atoms with Crippen LogP contribution < -0.4 is 24.7 Å². The molecule has 2 N–H and O–H groups in total. The third-order valence-electron chi connectivity index (χ3n) is 5.60. The number of rotatable bonds is 8. The maximum atomic E-state index is 12.7. The van der Waals surface area contributed by atoms with Crippen LogP contribution in [0.1, 0.15) is 48.2 Å².